The highest BCUT2D eigenvalue weighted by atomic mass is 19.1. The maximum atomic E-state index is 14.4. The van der Waals surface area contributed by atoms with Gasteiger partial charge in [-0.05, 0) is 43.5 Å². The summed E-state index contributed by atoms with van der Waals surface area (Å²) in [4.78, 5) is 20.7. The van der Waals surface area contributed by atoms with E-state index in [-0.39, 0.29) is 12.1 Å². The number of nitrogens with zero attached hydrogens (tertiary/aromatic N) is 5. The SMILES string of the molecule is O=C(Nc1cnn2ccc(N3CCC[C@H]3c3cc(F)ccc3F)nc12)N1CC[C@@H](O)C1. The van der Waals surface area contributed by atoms with Crippen molar-refractivity contribution >= 4 is 23.2 Å². The third-order valence-corrected chi connectivity index (χ3v) is 5.91. The Morgan fingerprint density at radius 1 is 1.19 bits per heavy atom. The van der Waals surface area contributed by atoms with Crippen LogP contribution in [-0.2, 0) is 0 Å². The van der Waals surface area contributed by atoms with Crippen LogP contribution in [0.4, 0.5) is 25.1 Å². The molecular weight excluding hydrogens is 406 g/mol. The largest absolute Gasteiger partial charge is 0.391 e. The molecular formula is C21H22F2N6O2. The summed E-state index contributed by atoms with van der Waals surface area (Å²) >= 11 is 0. The van der Waals surface area contributed by atoms with Crippen LogP contribution in [0.15, 0.2) is 36.7 Å². The standard InChI is InChI=1S/C21H22F2N6O2/c22-13-3-4-16(23)15(10-13)18-2-1-7-28(18)19-6-9-29-20(26-19)17(11-24-29)25-21(31)27-8-5-14(30)12-27/h3-4,6,9-11,14,18,30H,1-2,5,7-8,12H2,(H,25,31)/t14-,18+/m1/s1. The summed E-state index contributed by atoms with van der Waals surface area (Å²) in [5, 5.41) is 16.7. The smallest absolute Gasteiger partial charge is 0.322 e. The van der Waals surface area contributed by atoms with Crippen molar-refractivity contribution in [3.63, 3.8) is 0 Å². The van der Waals surface area contributed by atoms with E-state index >= 15 is 0 Å². The van der Waals surface area contributed by atoms with Crippen molar-refractivity contribution in [3.8, 4) is 0 Å². The van der Waals surface area contributed by atoms with E-state index in [1.165, 1.54) is 12.3 Å². The summed E-state index contributed by atoms with van der Waals surface area (Å²) in [6.45, 7) is 1.43. The number of fused-ring (bicyclic) bond motifs is 1. The second kappa shape index (κ2) is 7.77. The highest BCUT2D eigenvalue weighted by Crippen LogP contribution is 2.37. The molecule has 2 aliphatic heterocycles. The number of likely N-dealkylation sites (tertiary alicyclic amines) is 1. The minimum absolute atomic E-state index is 0.290. The number of hydrogen-bond acceptors (Lipinski definition) is 5. The van der Waals surface area contributed by atoms with Gasteiger partial charge in [0.05, 0.1) is 18.3 Å². The predicted molar refractivity (Wildman–Crippen MR) is 110 cm³/mol. The average molecular weight is 428 g/mol. The molecule has 1 aromatic carbocycles. The number of anilines is 2. The van der Waals surface area contributed by atoms with E-state index in [9.17, 15) is 18.7 Å². The number of nitrogens with one attached hydrogen (secondary N) is 1. The summed E-state index contributed by atoms with van der Waals surface area (Å²) in [5.74, 6) is -0.310. The van der Waals surface area contributed by atoms with Crippen LogP contribution < -0.4 is 10.2 Å². The quantitative estimate of drug-likeness (QED) is 0.670. The number of rotatable bonds is 3. The first-order valence-electron chi connectivity index (χ1n) is 10.3. The lowest BCUT2D eigenvalue weighted by atomic mass is 10.0. The molecule has 10 heteroatoms. The van der Waals surface area contributed by atoms with Crippen molar-refractivity contribution in [3.05, 3.63) is 53.9 Å². The van der Waals surface area contributed by atoms with Gasteiger partial charge in [0.15, 0.2) is 5.65 Å². The van der Waals surface area contributed by atoms with Gasteiger partial charge in [0.25, 0.3) is 0 Å². The molecule has 2 atom stereocenters. The molecule has 2 N–H and O–H groups in total. The Morgan fingerprint density at radius 3 is 2.87 bits per heavy atom. The van der Waals surface area contributed by atoms with E-state index in [4.69, 9.17) is 0 Å². The molecule has 2 aromatic heterocycles. The maximum Gasteiger partial charge on any atom is 0.322 e. The molecule has 5 rings (SSSR count). The van der Waals surface area contributed by atoms with E-state index in [0.29, 0.717) is 55.2 Å². The van der Waals surface area contributed by atoms with Gasteiger partial charge >= 0.3 is 6.03 Å². The van der Waals surface area contributed by atoms with Crippen molar-refractivity contribution in [2.45, 2.75) is 31.4 Å². The predicted octanol–water partition coefficient (Wildman–Crippen LogP) is 2.95. The van der Waals surface area contributed by atoms with Crippen LogP contribution in [0.3, 0.4) is 0 Å². The normalized spacial score (nSPS) is 21.3. The number of aliphatic hydroxyl groups excluding tert-OH is 1. The Bertz CT molecular complexity index is 1140. The molecule has 0 bridgehead atoms. The third kappa shape index (κ3) is 3.67. The molecule has 2 saturated heterocycles. The fraction of sp³-hybridized carbons (Fsp3) is 0.381. The number of benzene rings is 1. The molecule has 0 aliphatic carbocycles. The van der Waals surface area contributed by atoms with Crippen LogP contribution in [-0.4, -0.2) is 56.4 Å². The fourth-order valence-corrected chi connectivity index (χ4v) is 4.36. The summed E-state index contributed by atoms with van der Waals surface area (Å²) in [7, 11) is 0. The number of aromatic nitrogens is 3. The summed E-state index contributed by atoms with van der Waals surface area (Å²) in [5.41, 5.74) is 1.21. The van der Waals surface area contributed by atoms with Gasteiger partial charge < -0.3 is 20.2 Å². The molecule has 2 amide bonds. The van der Waals surface area contributed by atoms with Gasteiger partial charge in [0.2, 0.25) is 0 Å². The lowest BCUT2D eigenvalue weighted by Gasteiger charge is -2.26. The van der Waals surface area contributed by atoms with E-state index < -0.39 is 17.7 Å². The van der Waals surface area contributed by atoms with Gasteiger partial charge in [-0.2, -0.15) is 5.10 Å². The Labute approximate surface area is 177 Å². The van der Waals surface area contributed by atoms with Crippen molar-refractivity contribution in [1.29, 1.82) is 0 Å². The Kier molecular flexibility index (Phi) is 4.93. The number of carbonyl (C=O) groups is 1. The lowest BCUT2D eigenvalue weighted by molar-refractivity contribution is 0.176. The lowest BCUT2D eigenvalue weighted by Crippen LogP contribution is -2.33. The maximum absolute atomic E-state index is 14.4. The first-order chi connectivity index (χ1) is 15.0. The Morgan fingerprint density at radius 2 is 2.06 bits per heavy atom. The summed E-state index contributed by atoms with van der Waals surface area (Å²) in [6.07, 6.45) is 4.81. The number of carbonyl (C=O) groups excluding carboxylic acids is 1. The first kappa shape index (κ1) is 19.7. The van der Waals surface area contributed by atoms with Crippen molar-refractivity contribution in [2.24, 2.45) is 0 Å². The molecule has 2 aliphatic rings. The van der Waals surface area contributed by atoms with Crippen molar-refractivity contribution in [1.82, 2.24) is 19.5 Å². The van der Waals surface area contributed by atoms with Crippen LogP contribution in [0.1, 0.15) is 30.9 Å². The Hall–Kier alpha value is -3.27. The van der Waals surface area contributed by atoms with Gasteiger partial charge in [-0.3, -0.25) is 0 Å². The van der Waals surface area contributed by atoms with Crippen LogP contribution in [0, 0.1) is 11.6 Å². The van der Waals surface area contributed by atoms with Gasteiger partial charge in [0.1, 0.15) is 23.1 Å². The van der Waals surface area contributed by atoms with E-state index in [2.05, 4.69) is 15.4 Å². The molecule has 0 radical (unpaired) electrons. The molecule has 0 saturated carbocycles. The fourth-order valence-electron chi connectivity index (χ4n) is 4.36. The van der Waals surface area contributed by atoms with Gasteiger partial charge in [-0.15, -0.1) is 0 Å². The van der Waals surface area contributed by atoms with Gasteiger partial charge in [0, 0.05) is 31.4 Å². The van der Waals surface area contributed by atoms with Crippen LogP contribution in [0.5, 0.6) is 0 Å². The molecule has 162 valence electrons. The van der Waals surface area contributed by atoms with Crippen molar-refractivity contribution in [2.75, 3.05) is 29.9 Å². The zero-order valence-corrected chi connectivity index (χ0v) is 16.7. The molecule has 8 nitrogen and oxygen atoms in total. The summed E-state index contributed by atoms with van der Waals surface area (Å²) in [6, 6.07) is 4.64. The monoisotopic (exact) mass is 428 g/mol. The highest BCUT2D eigenvalue weighted by Gasteiger charge is 2.30. The van der Waals surface area contributed by atoms with Gasteiger partial charge in [-0.25, -0.2) is 23.1 Å². The average Bonchev–Trinajstić information content (AvgIpc) is 3.49. The van der Waals surface area contributed by atoms with E-state index in [1.807, 2.05) is 4.90 Å². The third-order valence-electron chi connectivity index (χ3n) is 5.91. The van der Waals surface area contributed by atoms with Crippen LogP contribution in [0.2, 0.25) is 0 Å². The summed E-state index contributed by atoms with van der Waals surface area (Å²) < 4.78 is 29.7. The minimum Gasteiger partial charge on any atom is -0.391 e. The zero-order valence-electron chi connectivity index (χ0n) is 16.7. The van der Waals surface area contributed by atoms with Crippen LogP contribution in [0.25, 0.3) is 5.65 Å². The number of aliphatic hydroxyl groups is 1. The Balaban J connectivity index is 1.43. The van der Waals surface area contributed by atoms with E-state index in [0.717, 1.165) is 18.6 Å². The highest BCUT2D eigenvalue weighted by molar-refractivity contribution is 5.93. The molecule has 0 unspecified atom stereocenters. The second-order valence-electron chi connectivity index (χ2n) is 7.95. The number of β-amino-alcohol motifs (C(OH)–C–C–N with tert-alkyl or cyclic N) is 1. The number of halogens is 2. The van der Waals surface area contributed by atoms with Crippen LogP contribution >= 0.6 is 0 Å². The topological polar surface area (TPSA) is 86.0 Å². The number of amides is 2. The number of urea groups is 1. The van der Waals surface area contributed by atoms with Gasteiger partial charge in [-0.1, -0.05) is 0 Å². The molecule has 31 heavy (non-hydrogen) atoms. The first-order valence-corrected chi connectivity index (χ1v) is 10.3. The number of hydrogen-bond donors (Lipinski definition) is 2. The van der Waals surface area contributed by atoms with Crippen molar-refractivity contribution < 1.29 is 18.7 Å². The molecule has 2 fully saturated rings. The van der Waals surface area contributed by atoms with E-state index in [1.54, 1.807) is 21.7 Å². The molecule has 4 heterocycles. The molecule has 3 aromatic rings. The second-order valence-corrected chi connectivity index (χ2v) is 7.95. The molecule has 0 spiro atoms. The zero-order chi connectivity index (χ0) is 21.5. The minimum atomic E-state index is -0.505.